The molecule has 2 rings (SSSR count). The van der Waals surface area contributed by atoms with Crippen LogP contribution in [0.1, 0.15) is 38.4 Å². The summed E-state index contributed by atoms with van der Waals surface area (Å²) in [5.74, 6) is -0.666. The fraction of sp³-hybridized carbons (Fsp3) is 0.571. The zero-order valence-electron chi connectivity index (χ0n) is 11.0. The standard InChI is InChI=1S/C14H18Cl2O3/c1-3-14(4-2)18-11(8-17)13(19-14)12-9(15)6-5-7-10(12)16/h5-7,11,13,17H,3-4,8H2,1-2H3/t11?,13-/m0/s1. The Balaban J connectivity index is 2.38. The van der Waals surface area contributed by atoms with E-state index in [2.05, 4.69) is 0 Å². The highest BCUT2D eigenvalue weighted by molar-refractivity contribution is 6.36. The van der Waals surface area contributed by atoms with Crippen LogP contribution in [0.5, 0.6) is 0 Å². The molecular formula is C14H18Cl2O3. The first kappa shape index (κ1) is 15.1. The van der Waals surface area contributed by atoms with Gasteiger partial charge in [0.2, 0.25) is 0 Å². The molecule has 0 bridgehead atoms. The van der Waals surface area contributed by atoms with Gasteiger partial charge in [-0.2, -0.15) is 0 Å². The van der Waals surface area contributed by atoms with Gasteiger partial charge in [0.15, 0.2) is 5.79 Å². The average molecular weight is 305 g/mol. The second kappa shape index (κ2) is 5.98. The van der Waals surface area contributed by atoms with Crippen LogP contribution in [0, 0.1) is 0 Å². The molecule has 1 aromatic rings. The number of hydrogen-bond acceptors (Lipinski definition) is 3. The van der Waals surface area contributed by atoms with Crippen molar-refractivity contribution < 1.29 is 14.6 Å². The van der Waals surface area contributed by atoms with E-state index in [0.29, 0.717) is 28.5 Å². The van der Waals surface area contributed by atoms with Crippen LogP contribution in [-0.4, -0.2) is 23.6 Å². The lowest BCUT2D eigenvalue weighted by molar-refractivity contribution is -0.181. The minimum atomic E-state index is -0.666. The number of hydrogen-bond donors (Lipinski definition) is 1. The van der Waals surface area contributed by atoms with E-state index in [-0.39, 0.29) is 6.61 Å². The summed E-state index contributed by atoms with van der Waals surface area (Å²) in [6.07, 6.45) is 0.528. The van der Waals surface area contributed by atoms with E-state index in [1.54, 1.807) is 18.2 Å². The van der Waals surface area contributed by atoms with Crippen molar-refractivity contribution >= 4 is 23.2 Å². The molecule has 19 heavy (non-hydrogen) atoms. The molecule has 106 valence electrons. The quantitative estimate of drug-likeness (QED) is 0.915. The van der Waals surface area contributed by atoms with Crippen LogP contribution in [0.3, 0.4) is 0 Å². The van der Waals surface area contributed by atoms with Crippen molar-refractivity contribution in [3.05, 3.63) is 33.8 Å². The van der Waals surface area contributed by atoms with Crippen molar-refractivity contribution in [2.45, 2.75) is 44.7 Å². The molecule has 1 saturated heterocycles. The first-order valence-corrected chi connectivity index (χ1v) is 7.23. The predicted octanol–water partition coefficient (Wildman–Crippen LogP) is 3.96. The van der Waals surface area contributed by atoms with E-state index in [1.165, 1.54) is 0 Å². The van der Waals surface area contributed by atoms with Crippen molar-refractivity contribution in [3.8, 4) is 0 Å². The highest BCUT2D eigenvalue weighted by Crippen LogP contribution is 2.45. The monoisotopic (exact) mass is 304 g/mol. The molecule has 1 aliphatic heterocycles. The molecule has 1 fully saturated rings. The molecule has 3 nitrogen and oxygen atoms in total. The minimum Gasteiger partial charge on any atom is -0.394 e. The molecule has 0 aliphatic carbocycles. The SMILES string of the molecule is CCC1(CC)OC(CO)[C@@H](c2c(Cl)cccc2Cl)O1. The zero-order valence-corrected chi connectivity index (χ0v) is 12.5. The summed E-state index contributed by atoms with van der Waals surface area (Å²) in [6, 6.07) is 5.31. The van der Waals surface area contributed by atoms with E-state index in [9.17, 15) is 5.11 Å². The third-order valence-electron chi connectivity index (χ3n) is 3.59. The zero-order chi connectivity index (χ0) is 14.0. The fourth-order valence-corrected chi connectivity index (χ4v) is 3.03. The first-order chi connectivity index (χ1) is 9.06. The van der Waals surface area contributed by atoms with Crippen molar-refractivity contribution in [1.29, 1.82) is 0 Å². The van der Waals surface area contributed by atoms with Crippen LogP contribution < -0.4 is 0 Å². The van der Waals surface area contributed by atoms with Crippen LogP contribution in [0.2, 0.25) is 10.0 Å². The maximum absolute atomic E-state index is 9.51. The molecule has 0 aromatic heterocycles. The van der Waals surface area contributed by atoms with Crippen molar-refractivity contribution in [1.82, 2.24) is 0 Å². The molecule has 1 unspecified atom stereocenters. The van der Waals surface area contributed by atoms with Gasteiger partial charge in [-0.3, -0.25) is 0 Å². The molecule has 0 amide bonds. The van der Waals surface area contributed by atoms with E-state index in [4.69, 9.17) is 32.7 Å². The Hall–Kier alpha value is -0.320. The van der Waals surface area contributed by atoms with E-state index < -0.39 is 18.0 Å². The van der Waals surface area contributed by atoms with Crippen molar-refractivity contribution in [2.75, 3.05) is 6.61 Å². The van der Waals surface area contributed by atoms with Gasteiger partial charge in [-0.1, -0.05) is 43.1 Å². The lowest BCUT2D eigenvalue weighted by Gasteiger charge is -2.25. The number of aliphatic hydroxyl groups is 1. The van der Waals surface area contributed by atoms with Gasteiger partial charge in [0, 0.05) is 15.6 Å². The molecule has 0 spiro atoms. The highest BCUT2D eigenvalue weighted by atomic mass is 35.5. The first-order valence-electron chi connectivity index (χ1n) is 6.47. The molecule has 0 radical (unpaired) electrons. The van der Waals surface area contributed by atoms with Gasteiger partial charge in [0.25, 0.3) is 0 Å². The Morgan fingerprint density at radius 3 is 2.21 bits per heavy atom. The number of rotatable bonds is 4. The van der Waals surface area contributed by atoms with Gasteiger partial charge in [0.05, 0.1) is 6.61 Å². The smallest absolute Gasteiger partial charge is 0.169 e. The average Bonchev–Trinajstić information content (AvgIpc) is 2.78. The third kappa shape index (κ3) is 2.76. The third-order valence-corrected chi connectivity index (χ3v) is 4.25. The largest absolute Gasteiger partial charge is 0.394 e. The van der Waals surface area contributed by atoms with Crippen molar-refractivity contribution in [3.63, 3.8) is 0 Å². The summed E-state index contributed by atoms with van der Waals surface area (Å²) >= 11 is 12.4. The van der Waals surface area contributed by atoms with E-state index >= 15 is 0 Å². The number of aliphatic hydroxyl groups excluding tert-OH is 1. The maximum Gasteiger partial charge on any atom is 0.169 e. The van der Waals surface area contributed by atoms with Gasteiger partial charge < -0.3 is 14.6 Å². The highest BCUT2D eigenvalue weighted by Gasteiger charge is 2.46. The lowest BCUT2D eigenvalue weighted by atomic mass is 10.0. The van der Waals surface area contributed by atoms with Crippen LogP contribution in [0.25, 0.3) is 0 Å². The molecule has 0 saturated carbocycles. The summed E-state index contributed by atoms with van der Waals surface area (Å²) in [6.45, 7) is 3.86. The molecule has 5 heteroatoms. The van der Waals surface area contributed by atoms with E-state index in [1.807, 2.05) is 13.8 Å². The van der Waals surface area contributed by atoms with Gasteiger partial charge in [-0.25, -0.2) is 0 Å². The lowest BCUT2D eigenvalue weighted by Crippen LogP contribution is -2.29. The van der Waals surface area contributed by atoms with Gasteiger partial charge in [-0.15, -0.1) is 0 Å². The summed E-state index contributed by atoms with van der Waals surface area (Å²) < 4.78 is 11.9. The van der Waals surface area contributed by atoms with Crippen LogP contribution in [0.4, 0.5) is 0 Å². The molecule has 1 heterocycles. The van der Waals surface area contributed by atoms with Crippen LogP contribution in [0.15, 0.2) is 18.2 Å². The Morgan fingerprint density at radius 2 is 1.74 bits per heavy atom. The molecule has 1 N–H and O–H groups in total. The topological polar surface area (TPSA) is 38.7 Å². The summed E-state index contributed by atoms with van der Waals surface area (Å²) in [4.78, 5) is 0. The van der Waals surface area contributed by atoms with Gasteiger partial charge in [0.1, 0.15) is 12.2 Å². The second-order valence-corrected chi connectivity index (χ2v) is 5.44. The molecule has 1 aromatic carbocycles. The Labute approximate surface area is 123 Å². The maximum atomic E-state index is 9.51. The molecule has 2 atom stereocenters. The summed E-state index contributed by atoms with van der Waals surface area (Å²) in [7, 11) is 0. The summed E-state index contributed by atoms with van der Waals surface area (Å²) in [5, 5.41) is 10.6. The predicted molar refractivity (Wildman–Crippen MR) is 75.6 cm³/mol. The number of halogens is 2. The number of ether oxygens (including phenoxy) is 2. The van der Waals surface area contributed by atoms with Crippen LogP contribution >= 0.6 is 23.2 Å². The Bertz CT molecular complexity index is 426. The van der Waals surface area contributed by atoms with Gasteiger partial charge in [-0.05, 0) is 25.0 Å². The van der Waals surface area contributed by atoms with Crippen molar-refractivity contribution in [2.24, 2.45) is 0 Å². The summed E-state index contributed by atoms with van der Waals surface area (Å²) in [5.41, 5.74) is 0.689. The number of benzene rings is 1. The Morgan fingerprint density at radius 1 is 1.16 bits per heavy atom. The normalized spacial score (nSPS) is 25.7. The Kier molecular flexibility index (Phi) is 4.75. The minimum absolute atomic E-state index is 0.131. The second-order valence-electron chi connectivity index (χ2n) is 4.63. The molecular weight excluding hydrogens is 287 g/mol. The fourth-order valence-electron chi connectivity index (χ4n) is 2.42. The van der Waals surface area contributed by atoms with E-state index in [0.717, 1.165) is 0 Å². The van der Waals surface area contributed by atoms with Gasteiger partial charge >= 0.3 is 0 Å². The molecule has 1 aliphatic rings. The van der Waals surface area contributed by atoms with Crippen LogP contribution in [-0.2, 0) is 9.47 Å².